The average molecular weight is 209 g/mol. The van der Waals surface area contributed by atoms with Gasteiger partial charge < -0.3 is 15.5 Å². The number of nitrogens with two attached hydrogens (primary N) is 1. The minimum Gasteiger partial charge on any atom is -0.380 e. The third-order valence-corrected chi connectivity index (χ3v) is 3.07. The molecule has 2 heterocycles. The van der Waals surface area contributed by atoms with Crippen LogP contribution < -0.4 is 5.73 Å². The molecule has 0 aromatic carbocycles. The fourth-order valence-electron chi connectivity index (χ4n) is 1.94. The van der Waals surface area contributed by atoms with Crippen molar-refractivity contribution in [1.29, 1.82) is 0 Å². The summed E-state index contributed by atoms with van der Waals surface area (Å²) in [5, 5.41) is 0. The fraction of sp³-hybridized carbons (Fsp3) is 0.727. The molecule has 0 saturated carbocycles. The van der Waals surface area contributed by atoms with E-state index in [0.717, 1.165) is 44.8 Å². The minimum absolute atomic E-state index is 0.0843. The van der Waals surface area contributed by atoms with Gasteiger partial charge in [0.15, 0.2) is 0 Å². The lowest BCUT2D eigenvalue weighted by Gasteiger charge is -2.18. The van der Waals surface area contributed by atoms with Crippen LogP contribution in [0.25, 0.3) is 0 Å². The average Bonchev–Trinajstić information content (AvgIpc) is 2.84. The first kappa shape index (κ1) is 10.6. The Morgan fingerprint density at radius 2 is 2.53 bits per heavy atom. The first-order valence-electron chi connectivity index (χ1n) is 5.57. The fourth-order valence-corrected chi connectivity index (χ4v) is 1.94. The second-order valence-corrected chi connectivity index (χ2v) is 4.51. The SMILES string of the molecule is CC1(c2ncc(CCCN)[nH]2)CCOC1. The molecule has 4 nitrogen and oxygen atoms in total. The van der Waals surface area contributed by atoms with Crippen molar-refractivity contribution in [3.8, 4) is 0 Å². The van der Waals surface area contributed by atoms with Crippen LogP contribution in [0, 0.1) is 0 Å². The zero-order valence-electron chi connectivity index (χ0n) is 9.25. The van der Waals surface area contributed by atoms with Crippen molar-refractivity contribution < 1.29 is 4.74 Å². The summed E-state index contributed by atoms with van der Waals surface area (Å²) in [4.78, 5) is 7.83. The molecule has 2 rings (SSSR count). The van der Waals surface area contributed by atoms with Crippen molar-refractivity contribution >= 4 is 0 Å². The molecular weight excluding hydrogens is 190 g/mol. The molecule has 0 amide bonds. The number of nitrogens with zero attached hydrogens (tertiary/aromatic N) is 1. The Labute approximate surface area is 90.2 Å². The highest BCUT2D eigenvalue weighted by molar-refractivity contribution is 5.12. The molecule has 1 aliphatic rings. The molecule has 0 radical (unpaired) electrons. The van der Waals surface area contributed by atoms with Crippen LogP contribution in [0.4, 0.5) is 0 Å². The Morgan fingerprint density at radius 1 is 1.67 bits per heavy atom. The zero-order valence-corrected chi connectivity index (χ0v) is 9.25. The van der Waals surface area contributed by atoms with Gasteiger partial charge in [0.2, 0.25) is 0 Å². The lowest BCUT2D eigenvalue weighted by Crippen LogP contribution is -2.23. The number of H-pyrrole nitrogens is 1. The van der Waals surface area contributed by atoms with E-state index in [1.165, 1.54) is 5.69 Å². The Hall–Kier alpha value is -0.870. The van der Waals surface area contributed by atoms with Gasteiger partial charge in [0.1, 0.15) is 5.82 Å². The van der Waals surface area contributed by atoms with Crippen LogP contribution in [0.3, 0.4) is 0 Å². The molecule has 15 heavy (non-hydrogen) atoms. The minimum atomic E-state index is 0.0843. The highest BCUT2D eigenvalue weighted by atomic mass is 16.5. The number of ether oxygens (including phenoxy) is 1. The maximum Gasteiger partial charge on any atom is 0.114 e. The summed E-state index contributed by atoms with van der Waals surface area (Å²) < 4.78 is 5.42. The maximum absolute atomic E-state index is 5.48. The summed E-state index contributed by atoms with van der Waals surface area (Å²) in [5.74, 6) is 1.06. The van der Waals surface area contributed by atoms with E-state index in [2.05, 4.69) is 16.9 Å². The van der Waals surface area contributed by atoms with E-state index in [1.54, 1.807) is 0 Å². The Morgan fingerprint density at radius 3 is 3.20 bits per heavy atom. The maximum atomic E-state index is 5.48. The van der Waals surface area contributed by atoms with Crippen molar-refractivity contribution in [3.05, 3.63) is 17.7 Å². The Bertz CT molecular complexity index is 315. The zero-order chi connectivity index (χ0) is 10.7. The third-order valence-electron chi connectivity index (χ3n) is 3.07. The van der Waals surface area contributed by atoms with Gasteiger partial charge in [0, 0.05) is 18.5 Å². The lowest BCUT2D eigenvalue weighted by molar-refractivity contribution is 0.179. The summed E-state index contributed by atoms with van der Waals surface area (Å²) in [6.45, 7) is 4.55. The molecule has 84 valence electrons. The number of aromatic amines is 1. The first-order chi connectivity index (χ1) is 7.24. The van der Waals surface area contributed by atoms with E-state index in [0.29, 0.717) is 0 Å². The predicted octanol–water partition coefficient (Wildman–Crippen LogP) is 0.979. The first-order valence-corrected chi connectivity index (χ1v) is 5.57. The van der Waals surface area contributed by atoms with E-state index in [-0.39, 0.29) is 5.41 Å². The van der Waals surface area contributed by atoms with E-state index < -0.39 is 0 Å². The number of hydrogen-bond donors (Lipinski definition) is 2. The molecule has 0 spiro atoms. The van der Waals surface area contributed by atoms with Gasteiger partial charge in [0.25, 0.3) is 0 Å². The van der Waals surface area contributed by atoms with Crippen molar-refractivity contribution in [3.63, 3.8) is 0 Å². The van der Waals surface area contributed by atoms with Crippen LogP contribution in [0.1, 0.15) is 31.3 Å². The van der Waals surface area contributed by atoms with Crippen LogP contribution in [-0.2, 0) is 16.6 Å². The molecule has 1 aromatic heterocycles. The van der Waals surface area contributed by atoms with Crippen molar-refractivity contribution in [2.45, 2.75) is 31.6 Å². The Balaban J connectivity index is 2.05. The second kappa shape index (κ2) is 4.33. The number of imidazole rings is 1. The van der Waals surface area contributed by atoms with Gasteiger partial charge in [-0.15, -0.1) is 0 Å². The third kappa shape index (κ3) is 2.21. The number of aromatic nitrogens is 2. The molecule has 0 bridgehead atoms. The number of nitrogens with one attached hydrogen (secondary N) is 1. The van der Waals surface area contributed by atoms with E-state index >= 15 is 0 Å². The molecule has 1 saturated heterocycles. The second-order valence-electron chi connectivity index (χ2n) is 4.51. The molecule has 1 aliphatic heterocycles. The largest absolute Gasteiger partial charge is 0.380 e. The number of hydrogen-bond acceptors (Lipinski definition) is 3. The summed E-state index contributed by atoms with van der Waals surface area (Å²) in [6, 6.07) is 0. The highest BCUT2D eigenvalue weighted by Crippen LogP contribution is 2.30. The van der Waals surface area contributed by atoms with Gasteiger partial charge in [-0.1, -0.05) is 6.92 Å². The normalized spacial score (nSPS) is 26.0. The molecule has 1 aromatic rings. The molecule has 0 aliphatic carbocycles. The van der Waals surface area contributed by atoms with Crippen LogP contribution in [-0.4, -0.2) is 29.7 Å². The quantitative estimate of drug-likeness (QED) is 0.777. The van der Waals surface area contributed by atoms with Gasteiger partial charge in [-0.05, 0) is 25.8 Å². The van der Waals surface area contributed by atoms with Gasteiger partial charge in [0.05, 0.1) is 12.0 Å². The molecule has 1 unspecified atom stereocenters. The Kier molecular flexibility index (Phi) is 3.07. The summed E-state index contributed by atoms with van der Waals surface area (Å²) >= 11 is 0. The van der Waals surface area contributed by atoms with Crippen molar-refractivity contribution in [2.75, 3.05) is 19.8 Å². The molecular formula is C11H19N3O. The van der Waals surface area contributed by atoms with Gasteiger partial charge >= 0.3 is 0 Å². The van der Waals surface area contributed by atoms with E-state index in [1.807, 2.05) is 6.20 Å². The topological polar surface area (TPSA) is 63.9 Å². The van der Waals surface area contributed by atoms with Crippen molar-refractivity contribution in [1.82, 2.24) is 9.97 Å². The van der Waals surface area contributed by atoms with Crippen LogP contribution >= 0.6 is 0 Å². The monoisotopic (exact) mass is 209 g/mol. The lowest BCUT2D eigenvalue weighted by atomic mass is 9.89. The van der Waals surface area contributed by atoms with Crippen molar-refractivity contribution in [2.24, 2.45) is 5.73 Å². The number of rotatable bonds is 4. The highest BCUT2D eigenvalue weighted by Gasteiger charge is 2.34. The van der Waals surface area contributed by atoms with Crippen LogP contribution in [0.15, 0.2) is 6.20 Å². The van der Waals surface area contributed by atoms with Gasteiger partial charge in [-0.25, -0.2) is 4.98 Å². The van der Waals surface area contributed by atoms with Gasteiger partial charge in [-0.3, -0.25) is 0 Å². The molecule has 4 heteroatoms. The summed E-state index contributed by atoms with van der Waals surface area (Å²) in [7, 11) is 0. The number of aryl methyl sites for hydroxylation is 1. The standard InChI is InChI=1S/C11H19N3O/c1-11(4-6-15-8-11)10-13-7-9(14-10)3-2-5-12/h7H,2-6,8,12H2,1H3,(H,13,14). The van der Waals surface area contributed by atoms with Gasteiger partial charge in [-0.2, -0.15) is 0 Å². The van der Waals surface area contributed by atoms with Crippen LogP contribution in [0.2, 0.25) is 0 Å². The van der Waals surface area contributed by atoms with Crippen LogP contribution in [0.5, 0.6) is 0 Å². The van der Waals surface area contributed by atoms with E-state index in [9.17, 15) is 0 Å². The predicted molar refractivity (Wildman–Crippen MR) is 58.8 cm³/mol. The van der Waals surface area contributed by atoms with E-state index in [4.69, 9.17) is 10.5 Å². The summed E-state index contributed by atoms with van der Waals surface area (Å²) in [5.41, 5.74) is 6.75. The molecule has 3 N–H and O–H groups in total. The molecule has 1 atom stereocenters. The molecule has 1 fully saturated rings. The smallest absolute Gasteiger partial charge is 0.114 e. The summed E-state index contributed by atoms with van der Waals surface area (Å²) in [6.07, 6.45) is 4.97.